The maximum absolute atomic E-state index is 12.2. The Bertz CT molecular complexity index is 835. The lowest BCUT2D eigenvalue weighted by Gasteiger charge is -2.08. The fourth-order valence-corrected chi connectivity index (χ4v) is 2.89. The van der Waals surface area contributed by atoms with Crippen LogP contribution in [0.5, 0.6) is 0 Å². The first-order valence-corrected chi connectivity index (χ1v) is 8.99. The number of hydrogen-bond acceptors (Lipinski definition) is 3. The number of hydrogen-bond donors (Lipinski definition) is 2. The van der Waals surface area contributed by atoms with Crippen molar-refractivity contribution in [2.45, 2.75) is 53.0 Å². The van der Waals surface area contributed by atoms with Crippen LogP contribution in [0.25, 0.3) is 0 Å². The zero-order valence-electron chi connectivity index (χ0n) is 15.6. The number of aryl methyl sites for hydroxylation is 3. The number of carbonyl (C=O) groups is 2. The van der Waals surface area contributed by atoms with E-state index in [4.69, 9.17) is 0 Å². The molecule has 138 valence electrons. The molecule has 2 N–H and O–H groups in total. The van der Waals surface area contributed by atoms with Gasteiger partial charge in [0.15, 0.2) is 5.78 Å². The highest BCUT2D eigenvalue weighted by Crippen LogP contribution is 2.10. The third kappa shape index (κ3) is 5.41. The van der Waals surface area contributed by atoms with Gasteiger partial charge in [-0.1, -0.05) is 37.6 Å². The van der Waals surface area contributed by atoms with E-state index < -0.39 is 0 Å². The zero-order chi connectivity index (χ0) is 19.1. The normalized spacial score (nSPS) is 10.6. The van der Waals surface area contributed by atoms with E-state index in [1.807, 2.05) is 44.2 Å². The van der Waals surface area contributed by atoms with Crippen LogP contribution in [0.4, 0.5) is 0 Å². The molecule has 0 fully saturated rings. The lowest BCUT2D eigenvalue weighted by atomic mass is 10.0. The topological polar surface area (TPSA) is 79.0 Å². The molecule has 26 heavy (non-hydrogen) atoms. The van der Waals surface area contributed by atoms with Gasteiger partial charge in [-0.3, -0.25) is 14.4 Å². The number of H-pyrrole nitrogens is 1. The van der Waals surface area contributed by atoms with E-state index >= 15 is 0 Å². The van der Waals surface area contributed by atoms with Gasteiger partial charge in [-0.05, 0) is 37.5 Å². The molecule has 0 unspecified atom stereocenters. The summed E-state index contributed by atoms with van der Waals surface area (Å²) in [7, 11) is 0. The van der Waals surface area contributed by atoms with E-state index in [0.717, 1.165) is 24.1 Å². The summed E-state index contributed by atoms with van der Waals surface area (Å²) in [4.78, 5) is 38.9. The third-order valence-electron chi connectivity index (χ3n) is 4.35. The number of ketones is 1. The van der Waals surface area contributed by atoms with Crippen LogP contribution in [0.2, 0.25) is 0 Å². The number of rotatable bonds is 8. The molecule has 1 amide bonds. The van der Waals surface area contributed by atoms with Crippen molar-refractivity contribution in [2.24, 2.45) is 0 Å². The summed E-state index contributed by atoms with van der Waals surface area (Å²) < 4.78 is 0. The molecule has 0 radical (unpaired) electrons. The Kier molecular flexibility index (Phi) is 6.89. The van der Waals surface area contributed by atoms with Crippen LogP contribution < -0.4 is 10.9 Å². The van der Waals surface area contributed by atoms with Crippen LogP contribution in [0, 0.1) is 13.8 Å². The van der Waals surface area contributed by atoms with E-state index in [1.54, 1.807) is 0 Å². The molecule has 0 spiro atoms. The number of amides is 1. The molecule has 1 aromatic carbocycles. The standard InChI is InChI=1S/C21H26N2O3/c1-4-5-16-6-8-17(9-7-16)19(24)10-11-20(25)22-13-18-14(2)12-15(3)23-21(18)26/h6-9,12H,4-5,10-11,13H2,1-3H3,(H,22,25)(H,23,26). The second-order valence-electron chi connectivity index (χ2n) is 6.59. The van der Waals surface area contributed by atoms with Gasteiger partial charge in [0.2, 0.25) is 5.91 Å². The Labute approximate surface area is 153 Å². The molecule has 0 saturated heterocycles. The number of pyridine rings is 1. The minimum Gasteiger partial charge on any atom is -0.352 e. The number of nitrogens with one attached hydrogen (secondary N) is 2. The smallest absolute Gasteiger partial charge is 0.253 e. The van der Waals surface area contributed by atoms with E-state index in [-0.39, 0.29) is 36.6 Å². The predicted molar refractivity (Wildman–Crippen MR) is 102 cm³/mol. The largest absolute Gasteiger partial charge is 0.352 e. The molecule has 5 heteroatoms. The first-order chi connectivity index (χ1) is 12.4. The first kappa shape index (κ1) is 19.6. The molecule has 1 heterocycles. The minimum absolute atomic E-state index is 0.0486. The number of aromatic nitrogens is 1. The van der Waals surface area contributed by atoms with Crippen molar-refractivity contribution in [2.75, 3.05) is 0 Å². The molecule has 0 bridgehead atoms. The molecule has 0 aliphatic rings. The van der Waals surface area contributed by atoms with Gasteiger partial charge in [0.05, 0.1) is 0 Å². The van der Waals surface area contributed by atoms with E-state index in [2.05, 4.69) is 17.2 Å². The maximum Gasteiger partial charge on any atom is 0.253 e. The molecule has 0 aliphatic carbocycles. The average molecular weight is 354 g/mol. The van der Waals surface area contributed by atoms with Gasteiger partial charge in [-0.15, -0.1) is 0 Å². The Morgan fingerprint density at radius 3 is 2.38 bits per heavy atom. The van der Waals surface area contributed by atoms with Gasteiger partial charge in [0.25, 0.3) is 5.56 Å². The number of carbonyl (C=O) groups excluding carboxylic acids is 2. The fraction of sp³-hybridized carbons (Fsp3) is 0.381. The van der Waals surface area contributed by atoms with E-state index in [1.165, 1.54) is 5.56 Å². The highest BCUT2D eigenvalue weighted by molar-refractivity contribution is 5.97. The first-order valence-electron chi connectivity index (χ1n) is 8.99. The summed E-state index contributed by atoms with van der Waals surface area (Å²) in [6, 6.07) is 9.43. The second kappa shape index (κ2) is 9.13. The van der Waals surface area contributed by atoms with Gasteiger partial charge >= 0.3 is 0 Å². The zero-order valence-corrected chi connectivity index (χ0v) is 15.6. The van der Waals surface area contributed by atoms with Crippen molar-refractivity contribution >= 4 is 11.7 Å². The number of benzene rings is 1. The molecule has 0 aliphatic heterocycles. The predicted octanol–water partition coefficient (Wildman–Crippen LogP) is 3.22. The Balaban J connectivity index is 1.85. The summed E-state index contributed by atoms with van der Waals surface area (Å²) in [5, 5.41) is 2.72. The SMILES string of the molecule is CCCc1ccc(C(=O)CCC(=O)NCc2c(C)cc(C)[nH]c2=O)cc1. The Hall–Kier alpha value is -2.69. The molecule has 2 aromatic rings. The Morgan fingerprint density at radius 1 is 1.08 bits per heavy atom. The highest BCUT2D eigenvalue weighted by Gasteiger charge is 2.11. The van der Waals surface area contributed by atoms with Crippen LogP contribution in [0.3, 0.4) is 0 Å². The molecule has 1 aromatic heterocycles. The lowest BCUT2D eigenvalue weighted by Crippen LogP contribution is -2.28. The van der Waals surface area contributed by atoms with Crippen LogP contribution in [0.15, 0.2) is 35.1 Å². The van der Waals surface area contributed by atoms with E-state index in [9.17, 15) is 14.4 Å². The molecular weight excluding hydrogens is 328 g/mol. The average Bonchev–Trinajstić information content (AvgIpc) is 2.59. The lowest BCUT2D eigenvalue weighted by molar-refractivity contribution is -0.121. The molecule has 0 saturated carbocycles. The quantitative estimate of drug-likeness (QED) is 0.714. The summed E-state index contributed by atoms with van der Waals surface area (Å²) in [5.41, 5.74) is 3.82. The maximum atomic E-state index is 12.2. The fourth-order valence-electron chi connectivity index (χ4n) is 2.89. The van der Waals surface area contributed by atoms with Gasteiger partial charge in [-0.2, -0.15) is 0 Å². The van der Waals surface area contributed by atoms with Gasteiger partial charge < -0.3 is 10.3 Å². The monoisotopic (exact) mass is 354 g/mol. The van der Waals surface area contributed by atoms with Gasteiger partial charge in [0, 0.05) is 36.2 Å². The summed E-state index contributed by atoms with van der Waals surface area (Å²) in [6.07, 6.45) is 2.33. The molecule has 2 rings (SSSR count). The van der Waals surface area contributed by atoms with Crippen LogP contribution in [0.1, 0.15) is 58.9 Å². The van der Waals surface area contributed by atoms with Crippen molar-refractivity contribution in [3.8, 4) is 0 Å². The summed E-state index contributed by atoms with van der Waals surface area (Å²) >= 11 is 0. The van der Waals surface area contributed by atoms with Crippen LogP contribution in [-0.4, -0.2) is 16.7 Å². The Morgan fingerprint density at radius 2 is 1.77 bits per heavy atom. The second-order valence-corrected chi connectivity index (χ2v) is 6.59. The highest BCUT2D eigenvalue weighted by atomic mass is 16.2. The van der Waals surface area contributed by atoms with Crippen molar-refractivity contribution < 1.29 is 9.59 Å². The van der Waals surface area contributed by atoms with Gasteiger partial charge in [0.1, 0.15) is 0 Å². The van der Waals surface area contributed by atoms with Gasteiger partial charge in [-0.25, -0.2) is 0 Å². The minimum atomic E-state index is -0.236. The van der Waals surface area contributed by atoms with Crippen LogP contribution >= 0.6 is 0 Å². The van der Waals surface area contributed by atoms with Crippen molar-refractivity contribution in [3.05, 3.63) is 68.6 Å². The van der Waals surface area contributed by atoms with E-state index in [0.29, 0.717) is 11.1 Å². The van der Waals surface area contributed by atoms with Crippen molar-refractivity contribution in [1.29, 1.82) is 0 Å². The molecular formula is C21H26N2O3. The van der Waals surface area contributed by atoms with Crippen LogP contribution in [-0.2, 0) is 17.8 Å². The third-order valence-corrected chi connectivity index (χ3v) is 4.35. The summed E-state index contributed by atoms with van der Waals surface area (Å²) in [6.45, 7) is 5.94. The molecule has 0 atom stereocenters. The summed E-state index contributed by atoms with van der Waals surface area (Å²) in [5.74, 6) is -0.284. The molecule has 5 nitrogen and oxygen atoms in total. The van der Waals surface area contributed by atoms with Crippen molar-refractivity contribution in [3.63, 3.8) is 0 Å². The van der Waals surface area contributed by atoms with Crippen molar-refractivity contribution in [1.82, 2.24) is 10.3 Å². The number of aromatic amines is 1. The number of Topliss-reactive ketones (excluding diaryl/α,β-unsaturated/α-hetero) is 1.